The van der Waals surface area contributed by atoms with Gasteiger partial charge in [-0.25, -0.2) is 12.4 Å². The fourth-order valence-corrected chi connectivity index (χ4v) is 15.3. The van der Waals surface area contributed by atoms with Crippen LogP contribution >= 0.6 is 0 Å². The number of aromatic nitrogens is 1. The summed E-state index contributed by atoms with van der Waals surface area (Å²) in [6, 6.07) is 35.6. The lowest BCUT2D eigenvalue weighted by Gasteiger charge is -2.47. The van der Waals surface area contributed by atoms with Crippen molar-refractivity contribution in [2.24, 2.45) is 0 Å². The molecule has 56 heavy (non-hydrogen) atoms. The summed E-state index contributed by atoms with van der Waals surface area (Å²) in [6.07, 6.45) is -2.31. The Hall–Kier alpha value is -3.65. The summed E-state index contributed by atoms with van der Waals surface area (Å²) in [5, 5.41) is 12.8. The first-order valence-corrected chi connectivity index (χ1v) is 23.3. The number of aliphatic hydroxyl groups is 1. The SMILES string of the molecule is CC(C)[Si](OC[C@@H]1O[C@H](OCCc2cn(S(=O)(=O)c3ccccc3)c3ccccc23)[C@H](O)[C@H](OCc2ccccc2)[C@H]1OCc1ccccc1)(C(C)C)C(C)C. The number of fused-ring (bicyclic) bond motifs is 1. The van der Waals surface area contributed by atoms with Crippen LogP contribution in [0.15, 0.2) is 126 Å². The zero-order chi connectivity index (χ0) is 39.9. The summed E-state index contributed by atoms with van der Waals surface area (Å²) in [5.74, 6) is 0. The second-order valence-electron chi connectivity index (χ2n) is 15.6. The smallest absolute Gasteiger partial charge is 0.268 e. The van der Waals surface area contributed by atoms with Gasteiger partial charge in [0.05, 0.1) is 36.8 Å². The monoisotopic (exact) mass is 799 g/mol. The van der Waals surface area contributed by atoms with Crippen molar-refractivity contribution >= 4 is 29.2 Å². The van der Waals surface area contributed by atoms with Gasteiger partial charge in [-0.1, -0.05) is 139 Å². The first-order valence-electron chi connectivity index (χ1n) is 19.7. The molecule has 1 N–H and O–H groups in total. The lowest BCUT2D eigenvalue weighted by molar-refractivity contribution is -0.316. The summed E-state index contributed by atoms with van der Waals surface area (Å²) >= 11 is 0. The first-order chi connectivity index (χ1) is 26.9. The fraction of sp³-hybridized carbons (Fsp3) is 0.422. The van der Waals surface area contributed by atoms with E-state index < -0.39 is 49.0 Å². The summed E-state index contributed by atoms with van der Waals surface area (Å²) in [7, 11) is -6.17. The van der Waals surface area contributed by atoms with Crippen molar-refractivity contribution < 1.29 is 36.9 Å². The molecule has 1 fully saturated rings. The van der Waals surface area contributed by atoms with Crippen LogP contribution in [0.2, 0.25) is 16.6 Å². The van der Waals surface area contributed by atoms with Crippen molar-refractivity contribution in [1.29, 1.82) is 0 Å². The highest BCUT2D eigenvalue weighted by Crippen LogP contribution is 2.43. The van der Waals surface area contributed by atoms with Crippen LogP contribution in [0.1, 0.15) is 58.2 Å². The Balaban J connectivity index is 1.28. The van der Waals surface area contributed by atoms with Gasteiger partial charge in [-0.2, -0.15) is 0 Å². The molecule has 0 aliphatic carbocycles. The van der Waals surface area contributed by atoms with Crippen LogP contribution in [0.5, 0.6) is 0 Å². The quantitative estimate of drug-likeness (QED) is 0.0877. The zero-order valence-electron chi connectivity index (χ0n) is 33.4. The molecule has 6 rings (SSSR count). The van der Waals surface area contributed by atoms with Gasteiger partial charge < -0.3 is 28.5 Å². The van der Waals surface area contributed by atoms with Gasteiger partial charge in [0.15, 0.2) is 14.6 Å². The Morgan fingerprint density at radius 1 is 0.696 bits per heavy atom. The lowest BCUT2D eigenvalue weighted by atomic mass is 9.98. The molecular weight excluding hydrogens is 743 g/mol. The molecule has 11 heteroatoms. The molecule has 0 unspecified atom stereocenters. The van der Waals surface area contributed by atoms with E-state index in [2.05, 4.69) is 41.5 Å². The van der Waals surface area contributed by atoms with Gasteiger partial charge in [-0.3, -0.25) is 0 Å². The largest absolute Gasteiger partial charge is 0.413 e. The minimum absolute atomic E-state index is 0.151. The van der Waals surface area contributed by atoms with Crippen molar-refractivity contribution in [3.05, 3.63) is 138 Å². The molecule has 0 spiro atoms. The van der Waals surface area contributed by atoms with Gasteiger partial charge in [0, 0.05) is 11.6 Å². The van der Waals surface area contributed by atoms with E-state index in [0.717, 1.165) is 22.1 Å². The third kappa shape index (κ3) is 9.21. The summed E-state index contributed by atoms with van der Waals surface area (Å²) in [4.78, 5) is 0.209. The highest BCUT2D eigenvalue weighted by Gasteiger charge is 2.50. The van der Waals surface area contributed by atoms with Gasteiger partial charge in [-0.15, -0.1) is 0 Å². The average Bonchev–Trinajstić information content (AvgIpc) is 3.58. The standard InChI is InChI=1S/C45H57NO8SSi/c1-32(2)56(33(3)4,34(5)6)53-31-41-43(51-29-35-18-10-7-11-19-35)44(52-30-36-20-12-8-13-21-36)42(47)45(54-41)50-27-26-37-28-46(40-25-17-16-24-39(37)40)55(48,49)38-22-14-9-15-23-38/h7-25,28,32-34,41-45,47H,26-27,29-31H2,1-6H3/t41-,42+,43-,44-,45-/m0/s1. The third-order valence-corrected chi connectivity index (χ3v) is 18.9. The van der Waals surface area contributed by atoms with Crippen LogP contribution in [0.3, 0.4) is 0 Å². The number of hydrogen-bond acceptors (Lipinski definition) is 8. The molecule has 2 heterocycles. The predicted molar refractivity (Wildman–Crippen MR) is 222 cm³/mol. The Bertz CT molecular complexity index is 2050. The van der Waals surface area contributed by atoms with Crippen LogP contribution in [-0.2, 0) is 53.0 Å². The van der Waals surface area contributed by atoms with E-state index in [1.807, 2.05) is 78.9 Å². The van der Waals surface area contributed by atoms with Crippen LogP contribution in [0.25, 0.3) is 10.9 Å². The highest BCUT2D eigenvalue weighted by atomic mass is 32.2. The molecular formula is C45H57NO8SSi. The Morgan fingerprint density at radius 3 is 1.79 bits per heavy atom. The summed E-state index contributed by atoms with van der Waals surface area (Å²) in [6.45, 7) is 14.5. The molecule has 0 radical (unpaired) electrons. The van der Waals surface area contributed by atoms with E-state index in [1.54, 1.807) is 42.6 Å². The molecule has 1 aromatic heterocycles. The van der Waals surface area contributed by atoms with E-state index in [-0.39, 0.29) is 24.7 Å². The van der Waals surface area contributed by atoms with Gasteiger partial charge in [0.2, 0.25) is 0 Å². The molecule has 4 aromatic carbocycles. The van der Waals surface area contributed by atoms with Gasteiger partial charge in [-0.05, 0) is 57.9 Å². The average molecular weight is 800 g/mol. The van der Waals surface area contributed by atoms with E-state index in [9.17, 15) is 13.5 Å². The predicted octanol–water partition coefficient (Wildman–Crippen LogP) is 8.89. The van der Waals surface area contributed by atoms with Gasteiger partial charge in [0.25, 0.3) is 10.0 Å². The van der Waals surface area contributed by atoms with E-state index in [0.29, 0.717) is 35.2 Å². The Kier molecular flexibility index (Phi) is 14.0. The maximum atomic E-state index is 13.7. The van der Waals surface area contributed by atoms with Crippen molar-refractivity contribution in [1.82, 2.24) is 3.97 Å². The molecule has 1 aliphatic rings. The molecule has 1 aliphatic heterocycles. The minimum Gasteiger partial charge on any atom is -0.413 e. The zero-order valence-corrected chi connectivity index (χ0v) is 35.2. The second kappa shape index (κ2) is 18.7. The van der Waals surface area contributed by atoms with E-state index >= 15 is 0 Å². The van der Waals surface area contributed by atoms with Crippen LogP contribution in [0, 0.1) is 0 Å². The molecule has 0 bridgehead atoms. The van der Waals surface area contributed by atoms with Gasteiger partial charge in [0.1, 0.15) is 24.4 Å². The fourth-order valence-electron chi connectivity index (χ4n) is 8.43. The Labute approximate surface area is 333 Å². The van der Waals surface area contributed by atoms with E-state index in [1.165, 1.54) is 3.97 Å². The molecule has 9 nitrogen and oxygen atoms in total. The second-order valence-corrected chi connectivity index (χ2v) is 22.9. The summed E-state index contributed by atoms with van der Waals surface area (Å²) in [5.41, 5.74) is 4.39. The third-order valence-electron chi connectivity index (χ3n) is 11.1. The van der Waals surface area contributed by atoms with Crippen molar-refractivity contribution in [2.75, 3.05) is 13.2 Å². The number of hydrogen-bond donors (Lipinski definition) is 1. The van der Waals surface area contributed by atoms with Crippen molar-refractivity contribution in [3.63, 3.8) is 0 Å². The van der Waals surface area contributed by atoms with Crippen LogP contribution in [-0.4, -0.2) is 69.7 Å². The number of rotatable bonds is 18. The minimum atomic E-state index is -3.84. The van der Waals surface area contributed by atoms with Crippen LogP contribution in [0.4, 0.5) is 0 Å². The molecule has 5 aromatic rings. The number of para-hydroxylation sites is 1. The molecule has 5 atom stereocenters. The molecule has 1 saturated heterocycles. The van der Waals surface area contributed by atoms with E-state index in [4.69, 9.17) is 23.4 Å². The topological polar surface area (TPSA) is 105 Å². The molecule has 300 valence electrons. The Morgan fingerprint density at radius 2 is 1.21 bits per heavy atom. The number of nitrogens with zero attached hydrogens (tertiary/aromatic N) is 1. The normalized spacial score (nSPS) is 20.7. The molecule has 0 saturated carbocycles. The number of ether oxygens (including phenoxy) is 4. The maximum absolute atomic E-state index is 13.7. The molecule has 0 amide bonds. The lowest BCUT2D eigenvalue weighted by Crippen LogP contribution is -2.62. The highest BCUT2D eigenvalue weighted by molar-refractivity contribution is 7.90. The van der Waals surface area contributed by atoms with Gasteiger partial charge >= 0.3 is 0 Å². The van der Waals surface area contributed by atoms with Crippen molar-refractivity contribution in [3.8, 4) is 0 Å². The number of benzene rings is 4. The van der Waals surface area contributed by atoms with Crippen LogP contribution < -0.4 is 0 Å². The van der Waals surface area contributed by atoms with Crippen molar-refractivity contribution in [2.45, 2.75) is 113 Å². The maximum Gasteiger partial charge on any atom is 0.268 e. The summed E-state index contributed by atoms with van der Waals surface area (Å²) < 4.78 is 62.2. The number of aliphatic hydroxyl groups excluding tert-OH is 1. The first kappa shape index (κ1) is 42.0.